The van der Waals surface area contributed by atoms with E-state index in [2.05, 4.69) is 6.58 Å². The van der Waals surface area contributed by atoms with Crippen LogP contribution in [-0.2, 0) is 0 Å². The van der Waals surface area contributed by atoms with E-state index in [0.29, 0.717) is 0 Å². The Hall–Kier alpha value is -0.0831. The molecular weight excluding hydrogens is 102 g/mol. The molecule has 0 unspecified atom stereocenters. The van der Waals surface area contributed by atoms with Crippen molar-refractivity contribution in [1.82, 2.24) is 0 Å². The minimum absolute atomic E-state index is 0.807. The third kappa shape index (κ3) is 5.92. The molecule has 0 amide bonds. The van der Waals surface area contributed by atoms with Crippen molar-refractivity contribution in [2.75, 3.05) is 6.54 Å². The summed E-state index contributed by atoms with van der Waals surface area (Å²) in [6.45, 7) is 4.61. The molecule has 0 rings (SSSR count). The van der Waals surface area contributed by atoms with Crippen LogP contribution >= 0.6 is 0 Å². The first-order valence-electron chi connectivity index (χ1n) is 2.62. The molecule has 0 aromatic rings. The maximum absolute atomic E-state index is 5.25. The van der Waals surface area contributed by atoms with E-state index >= 15 is 0 Å². The van der Waals surface area contributed by atoms with Gasteiger partial charge in [0.25, 0.3) is 0 Å². The number of nitrogens with two attached hydrogens (primary N) is 1. The van der Waals surface area contributed by atoms with Crippen LogP contribution in [0.1, 0.15) is 12.8 Å². The van der Waals surface area contributed by atoms with E-state index in [1.165, 1.54) is 5.20 Å². The maximum Gasteiger partial charge on any atom is 0.0325 e. The van der Waals surface area contributed by atoms with E-state index in [9.17, 15) is 0 Å². The van der Waals surface area contributed by atoms with Gasteiger partial charge in [0.15, 0.2) is 0 Å². The van der Waals surface area contributed by atoms with Crippen molar-refractivity contribution in [2.24, 2.45) is 5.73 Å². The molecular formula is C5H13NSi. The number of hydrogen-bond donors (Lipinski definition) is 1. The van der Waals surface area contributed by atoms with E-state index in [0.717, 1.165) is 29.6 Å². The Bertz CT molecular complexity index is 61.1. The fraction of sp³-hybridized carbons (Fsp3) is 0.600. The molecule has 0 saturated heterocycles. The number of rotatable bonds is 3. The number of allylic oxidation sites excluding steroid dienone is 1. The average Bonchev–Trinajstić information content (AvgIpc) is 1.61. The van der Waals surface area contributed by atoms with E-state index in [1.807, 2.05) is 0 Å². The molecule has 0 spiro atoms. The van der Waals surface area contributed by atoms with Crippen LogP contribution in [-0.4, -0.2) is 16.8 Å². The van der Waals surface area contributed by atoms with Crippen LogP contribution in [0.15, 0.2) is 11.8 Å². The van der Waals surface area contributed by atoms with Gasteiger partial charge in [0.1, 0.15) is 0 Å². The maximum atomic E-state index is 5.25. The Morgan fingerprint density at radius 1 is 1.71 bits per heavy atom. The van der Waals surface area contributed by atoms with Crippen molar-refractivity contribution in [3.05, 3.63) is 11.8 Å². The second kappa shape index (κ2) is 4.09. The van der Waals surface area contributed by atoms with Gasteiger partial charge in [0.05, 0.1) is 0 Å². The molecule has 0 radical (unpaired) electrons. The second-order valence-electron chi connectivity index (χ2n) is 1.85. The Morgan fingerprint density at radius 3 is 2.43 bits per heavy atom. The molecule has 0 heterocycles. The smallest absolute Gasteiger partial charge is 0.0325 e. The van der Waals surface area contributed by atoms with Gasteiger partial charge in [-0.25, -0.2) is 0 Å². The van der Waals surface area contributed by atoms with Crippen molar-refractivity contribution >= 4 is 10.2 Å². The van der Waals surface area contributed by atoms with Gasteiger partial charge in [-0.15, -0.1) is 6.58 Å². The van der Waals surface area contributed by atoms with Crippen molar-refractivity contribution in [2.45, 2.75) is 12.8 Å². The molecule has 0 aromatic carbocycles. The molecule has 1 nitrogen and oxygen atoms in total. The first-order chi connectivity index (χ1) is 3.27. The monoisotopic (exact) mass is 115 g/mol. The van der Waals surface area contributed by atoms with Gasteiger partial charge in [-0.2, -0.15) is 0 Å². The van der Waals surface area contributed by atoms with Gasteiger partial charge in [-0.05, 0) is 19.4 Å². The molecule has 2 heteroatoms. The molecule has 0 saturated carbocycles. The lowest BCUT2D eigenvalue weighted by molar-refractivity contribution is 0.848. The summed E-state index contributed by atoms with van der Waals surface area (Å²) in [6, 6.07) is 0. The normalized spacial score (nSPS) is 9.29. The summed E-state index contributed by atoms with van der Waals surface area (Å²) < 4.78 is 0. The standard InChI is InChI=1S/C5H13NSi/c1-5(7)3-2-4-6/h1-4,6H2,7H3. The van der Waals surface area contributed by atoms with Crippen molar-refractivity contribution < 1.29 is 0 Å². The fourth-order valence-electron chi connectivity index (χ4n) is 0.404. The topological polar surface area (TPSA) is 26.0 Å². The number of hydrogen-bond acceptors (Lipinski definition) is 1. The minimum atomic E-state index is 0.807. The van der Waals surface area contributed by atoms with E-state index < -0.39 is 0 Å². The van der Waals surface area contributed by atoms with E-state index in [4.69, 9.17) is 5.73 Å². The van der Waals surface area contributed by atoms with E-state index in [1.54, 1.807) is 0 Å². The first-order valence-corrected chi connectivity index (χ1v) is 3.62. The second-order valence-corrected chi connectivity index (χ2v) is 3.26. The largest absolute Gasteiger partial charge is 0.330 e. The zero-order valence-electron chi connectivity index (χ0n) is 4.91. The highest BCUT2D eigenvalue weighted by atomic mass is 28.1. The van der Waals surface area contributed by atoms with Gasteiger partial charge < -0.3 is 5.73 Å². The summed E-state index contributed by atoms with van der Waals surface area (Å²) in [6.07, 6.45) is 2.26. The molecule has 7 heavy (non-hydrogen) atoms. The van der Waals surface area contributed by atoms with Gasteiger partial charge in [-0.1, -0.05) is 5.20 Å². The zero-order chi connectivity index (χ0) is 5.70. The fourth-order valence-corrected chi connectivity index (χ4v) is 0.757. The van der Waals surface area contributed by atoms with Crippen LogP contribution in [0.5, 0.6) is 0 Å². The summed E-state index contributed by atoms with van der Waals surface area (Å²) in [4.78, 5) is 0. The molecule has 2 N–H and O–H groups in total. The Morgan fingerprint density at radius 2 is 2.29 bits per heavy atom. The van der Waals surface area contributed by atoms with Crippen LogP contribution in [0, 0.1) is 0 Å². The first kappa shape index (κ1) is 6.92. The van der Waals surface area contributed by atoms with Crippen LogP contribution in [0.3, 0.4) is 0 Å². The zero-order valence-corrected chi connectivity index (χ0v) is 6.91. The van der Waals surface area contributed by atoms with E-state index in [-0.39, 0.29) is 0 Å². The van der Waals surface area contributed by atoms with Gasteiger partial charge >= 0.3 is 0 Å². The highest BCUT2D eigenvalue weighted by molar-refractivity contribution is 6.21. The van der Waals surface area contributed by atoms with Crippen LogP contribution < -0.4 is 5.73 Å². The van der Waals surface area contributed by atoms with Crippen LogP contribution in [0.25, 0.3) is 0 Å². The average molecular weight is 115 g/mol. The SMILES string of the molecule is C=C([SiH3])CCCN. The third-order valence-electron chi connectivity index (χ3n) is 0.808. The van der Waals surface area contributed by atoms with Crippen LogP contribution in [0.2, 0.25) is 0 Å². The predicted molar refractivity (Wildman–Crippen MR) is 37.4 cm³/mol. The highest BCUT2D eigenvalue weighted by Gasteiger charge is 1.81. The van der Waals surface area contributed by atoms with Crippen molar-refractivity contribution in [3.63, 3.8) is 0 Å². The van der Waals surface area contributed by atoms with Crippen molar-refractivity contribution in [1.29, 1.82) is 0 Å². The lowest BCUT2D eigenvalue weighted by Gasteiger charge is -1.92. The molecule has 0 aliphatic heterocycles. The predicted octanol–water partition coefficient (Wildman–Crippen LogP) is -0.396. The Kier molecular flexibility index (Phi) is 4.04. The van der Waals surface area contributed by atoms with Gasteiger partial charge in [-0.3, -0.25) is 0 Å². The molecule has 0 aliphatic rings. The third-order valence-corrected chi connectivity index (χ3v) is 1.31. The Balaban J connectivity index is 2.82. The lowest BCUT2D eigenvalue weighted by Crippen LogP contribution is -1.98. The van der Waals surface area contributed by atoms with Gasteiger partial charge in [0, 0.05) is 10.2 Å². The molecule has 0 aliphatic carbocycles. The molecule has 42 valence electrons. The summed E-state index contributed by atoms with van der Waals surface area (Å²) >= 11 is 0. The summed E-state index contributed by atoms with van der Waals surface area (Å²) in [5.41, 5.74) is 5.25. The van der Waals surface area contributed by atoms with Crippen molar-refractivity contribution in [3.8, 4) is 0 Å². The molecule has 0 fully saturated rings. The quantitative estimate of drug-likeness (QED) is 0.498. The summed E-state index contributed by atoms with van der Waals surface area (Å²) in [5.74, 6) is 0. The van der Waals surface area contributed by atoms with Gasteiger partial charge in [0.2, 0.25) is 0 Å². The highest BCUT2D eigenvalue weighted by Crippen LogP contribution is 1.92. The molecule has 0 aromatic heterocycles. The molecule has 0 bridgehead atoms. The summed E-state index contributed by atoms with van der Waals surface area (Å²) in [5, 5.41) is 1.37. The summed E-state index contributed by atoms with van der Waals surface area (Å²) in [7, 11) is 1.13. The van der Waals surface area contributed by atoms with Crippen LogP contribution in [0.4, 0.5) is 0 Å². The lowest BCUT2D eigenvalue weighted by atomic mass is 10.3. The Labute approximate surface area is 48.0 Å². The molecule has 0 atom stereocenters. The minimum Gasteiger partial charge on any atom is -0.330 e.